The zero-order valence-electron chi connectivity index (χ0n) is 7.98. The fraction of sp³-hybridized carbons (Fsp3) is 0.100. The summed E-state index contributed by atoms with van der Waals surface area (Å²) < 4.78 is 4.95. The largest absolute Gasteiger partial charge is 0.424 e. The van der Waals surface area contributed by atoms with E-state index in [2.05, 4.69) is 10.2 Å². The average Bonchev–Trinajstić information content (AvgIpc) is 2.61. The van der Waals surface area contributed by atoms with Crippen LogP contribution >= 0.6 is 0 Å². The molecular weight excluding hydrogens is 196 g/mol. The fourth-order valence-electron chi connectivity index (χ4n) is 1.36. The van der Waals surface area contributed by atoms with Crippen LogP contribution in [-0.4, -0.2) is 22.5 Å². The number of H-pyrrole nitrogens is 1. The highest BCUT2D eigenvalue weighted by atomic mass is 16.5. The number of esters is 1. The third-order valence-electron chi connectivity index (χ3n) is 1.95. The molecule has 0 aliphatic rings. The Kier molecular flexibility index (Phi) is 2.21. The number of aromatic nitrogens is 2. The van der Waals surface area contributed by atoms with Gasteiger partial charge < -0.3 is 4.74 Å². The number of aromatic amines is 1. The standard InChI is InChI=1S/C10H8N2O3/c1-6(14)15-9-4-2-3-7-8(5-13)11-12-10(7)9/h2-5H,1H3,(H,11,12). The second-order valence-electron chi connectivity index (χ2n) is 3.00. The van der Waals surface area contributed by atoms with Crippen molar-refractivity contribution >= 4 is 23.2 Å². The number of hydrogen-bond donors (Lipinski definition) is 1. The number of para-hydroxylation sites is 1. The zero-order chi connectivity index (χ0) is 10.8. The Morgan fingerprint density at radius 3 is 3.00 bits per heavy atom. The lowest BCUT2D eigenvalue weighted by Gasteiger charge is -2.00. The third kappa shape index (κ3) is 1.59. The minimum atomic E-state index is -0.418. The highest BCUT2D eigenvalue weighted by Crippen LogP contribution is 2.24. The number of nitrogens with zero attached hydrogens (tertiary/aromatic N) is 1. The predicted octanol–water partition coefficient (Wildman–Crippen LogP) is 1.30. The van der Waals surface area contributed by atoms with Crippen molar-refractivity contribution in [3.63, 3.8) is 0 Å². The normalized spacial score (nSPS) is 10.2. The lowest BCUT2D eigenvalue weighted by molar-refractivity contribution is -0.131. The van der Waals surface area contributed by atoms with Crippen LogP contribution in [0, 0.1) is 0 Å². The van der Waals surface area contributed by atoms with Gasteiger partial charge >= 0.3 is 5.97 Å². The second kappa shape index (κ2) is 3.53. The molecule has 0 radical (unpaired) electrons. The van der Waals surface area contributed by atoms with E-state index in [1.807, 2.05) is 0 Å². The summed E-state index contributed by atoms with van der Waals surface area (Å²) in [5.74, 6) is -0.0671. The molecule has 5 nitrogen and oxygen atoms in total. The number of aldehydes is 1. The van der Waals surface area contributed by atoms with E-state index in [-0.39, 0.29) is 0 Å². The molecule has 0 atom stereocenters. The highest BCUT2D eigenvalue weighted by Gasteiger charge is 2.10. The number of nitrogens with one attached hydrogen (secondary N) is 1. The first-order valence-electron chi connectivity index (χ1n) is 4.33. The van der Waals surface area contributed by atoms with Gasteiger partial charge in [-0.15, -0.1) is 0 Å². The molecule has 0 saturated heterocycles. The van der Waals surface area contributed by atoms with Crippen molar-refractivity contribution in [1.29, 1.82) is 0 Å². The van der Waals surface area contributed by atoms with Crippen LogP contribution in [0.15, 0.2) is 18.2 Å². The van der Waals surface area contributed by atoms with Crippen molar-refractivity contribution in [2.45, 2.75) is 6.92 Å². The molecule has 1 aromatic carbocycles. The number of carbonyl (C=O) groups is 2. The molecule has 76 valence electrons. The van der Waals surface area contributed by atoms with E-state index < -0.39 is 5.97 Å². The van der Waals surface area contributed by atoms with Gasteiger partial charge in [0.05, 0.1) is 0 Å². The monoisotopic (exact) mass is 204 g/mol. The minimum Gasteiger partial charge on any atom is -0.424 e. The molecule has 0 saturated carbocycles. The summed E-state index contributed by atoms with van der Waals surface area (Å²) in [7, 11) is 0. The van der Waals surface area contributed by atoms with Gasteiger partial charge in [-0.05, 0) is 6.07 Å². The molecule has 15 heavy (non-hydrogen) atoms. The zero-order valence-corrected chi connectivity index (χ0v) is 7.98. The van der Waals surface area contributed by atoms with Crippen molar-refractivity contribution in [1.82, 2.24) is 10.2 Å². The van der Waals surface area contributed by atoms with Crippen molar-refractivity contribution in [3.8, 4) is 5.75 Å². The van der Waals surface area contributed by atoms with E-state index in [1.165, 1.54) is 6.92 Å². The number of carbonyl (C=O) groups excluding carboxylic acids is 2. The van der Waals surface area contributed by atoms with Crippen molar-refractivity contribution < 1.29 is 14.3 Å². The molecule has 0 aliphatic heterocycles. The number of rotatable bonds is 2. The Morgan fingerprint density at radius 2 is 2.33 bits per heavy atom. The summed E-state index contributed by atoms with van der Waals surface area (Å²) in [6, 6.07) is 5.05. The van der Waals surface area contributed by atoms with Gasteiger partial charge in [-0.1, -0.05) is 12.1 Å². The molecule has 5 heteroatoms. The predicted molar refractivity (Wildman–Crippen MR) is 52.8 cm³/mol. The van der Waals surface area contributed by atoms with Crippen LogP contribution < -0.4 is 4.74 Å². The quantitative estimate of drug-likeness (QED) is 0.454. The molecule has 0 aliphatic carbocycles. The van der Waals surface area contributed by atoms with Gasteiger partial charge in [0.1, 0.15) is 11.2 Å². The van der Waals surface area contributed by atoms with Crippen molar-refractivity contribution in [3.05, 3.63) is 23.9 Å². The van der Waals surface area contributed by atoms with E-state index in [0.717, 1.165) is 0 Å². The lowest BCUT2D eigenvalue weighted by atomic mass is 10.2. The number of fused-ring (bicyclic) bond motifs is 1. The van der Waals surface area contributed by atoms with Crippen LogP contribution in [0.4, 0.5) is 0 Å². The second-order valence-corrected chi connectivity index (χ2v) is 3.00. The Morgan fingerprint density at radius 1 is 1.53 bits per heavy atom. The number of benzene rings is 1. The van der Waals surface area contributed by atoms with Crippen LogP contribution in [0.2, 0.25) is 0 Å². The first-order chi connectivity index (χ1) is 7.22. The highest BCUT2D eigenvalue weighted by molar-refractivity contribution is 5.98. The first-order valence-corrected chi connectivity index (χ1v) is 4.33. The molecule has 0 fully saturated rings. The summed E-state index contributed by atoms with van der Waals surface area (Å²) >= 11 is 0. The maximum Gasteiger partial charge on any atom is 0.308 e. The van der Waals surface area contributed by atoms with Crippen LogP contribution in [-0.2, 0) is 4.79 Å². The van der Waals surface area contributed by atoms with Gasteiger partial charge in [-0.2, -0.15) is 5.10 Å². The van der Waals surface area contributed by atoms with Gasteiger partial charge in [0.15, 0.2) is 12.0 Å². The van der Waals surface area contributed by atoms with Crippen LogP contribution in [0.3, 0.4) is 0 Å². The first kappa shape index (κ1) is 9.39. The van der Waals surface area contributed by atoms with Gasteiger partial charge in [0.25, 0.3) is 0 Å². The molecule has 0 spiro atoms. The molecule has 1 heterocycles. The Bertz CT molecular complexity index is 530. The van der Waals surface area contributed by atoms with E-state index >= 15 is 0 Å². The molecule has 2 aromatic rings. The maximum absolute atomic E-state index is 10.8. The van der Waals surface area contributed by atoms with E-state index in [1.54, 1.807) is 18.2 Å². The number of hydrogen-bond acceptors (Lipinski definition) is 4. The van der Waals surface area contributed by atoms with Crippen LogP contribution in [0.25, 0.3) is 10.9 Å². The summed E-state index contributed by atoms with van der Waals surface area (Å²) in [6.07, 6.45) is 0.673. The van der Waals surface area contributed by atoms with Gasteiger partial charge in [-0.25, -0.2) is 0 Å². The van der Waals surface area contributed by atoms with Gasteiger partial charge in [0, 0.05) is 12.3 Å². The third-order valence-corrected chi connectivity index (χ3v) is 1.95. The fourth-order valence-corrected chi connectivity index (χ4v) is 1.36. The topological polar surface area (TPSA) is 72.1 Å². The molecule has 0 bridgehead atoms. The molecule has 2 rings (SSSR count). The van der Waals surface area contributed by atoms with Gasteiger partial charge in [-0.3, -0.25) is 14.7 Å². The van der Waals surface area contributed by atoms with Crippen LogP contribution in [0.5, 0.6) is 5.75 Å². The molecule has 0 unspecified atom stereocenters. The van der Waals surface area contributed by atoms with E-state index in [4.69, 9.17) is 4.74 Å². The van der Waals surface area contributed by atoms with E-state index in [9.17, 15) is 9.59 Å². The molecule has 0 amide bonds. The molecule has 1 aromatic heterocycles. The molecular formula is C10H8N2O3. The molecule has 1 N–H and O–H groups in total. The van der Waals surface area contributed by atoms with Crippen molar-refractivity contribution in [2.24, 2.45) is 0 Å². The summed E-state index contributed by atoms with van der Waals surface area (Å²) in [5, 5.41) is 7.12. The summed E-state index contributed by atoms with van der Waals surface area (Å²) in [6.45, 7) is 1.31. The van der Waals surface area contributed by atoms with Gasteiger partial charge in [0.2, 0.25) is 0 Å². The SMILES string of the molecule is CC(=O)Oc1cccc2c(C=O)[nH]nc12. The van der Waals surface area contributed by atoms with Crippen molar-refractivity contribution in [2.75, 3.05) is 0 Å². The summed E-state index contributed by atoms with van der Waals surface area (Å²) in [4.78, 5) is 21.4. The lowest BCUT2D eigenvalue weighted by Crippen LogP contribution is -2.01. The maximum atomic E-state index is 10.8. The smallest absolute Gasteiger partial charge is 0.308 e. The summed E-state index contributed by atoms with van der Waals surface area (Å²) in [5.41, 5.74) is 0.855. The Labute approximate surface area is 85.0 Å². The Balaban J connectivity index is 2.61. The van der Waals surface area contributed by atoms with E-state index in [0.29, 0.717) is 28.6 Å². The Hall–Kier alpha value is -2.17. The number of ether oxygens (including phenoxy) is 1. The average molecular weight is 204 g/mol. The minimum absolute atomic E-state index is 0.351. The van der Waals surface area contributed by atoms with Crippen LogP contribution in [0.1, 0.15) is 17.4 Å².